The van der Waals surface area contributed by atoms with Crippen molar-refractivity contribution in [3.8, 4) is 5.75 Å². The minimum atomic E-state index is -0.122. The van der Waals surface area contributed by atoms with Crippen LogP contribution >= 0.6 is 23.2 Å². The molecule has 2 N–H and O–H groups in total. The summed E-state index contributed by atoms with van der Waals surface area (Å²) in [6.45, 7) is 11.4. The minimum absolute atomic E-state index is 0.0513. The lowest BCUT2D eigenvalue weighted by Gasteiger charge is -2.34. The fourth-order valence-corrected chi connectivity index (χ4v) is 5.91. The molecule has 2 aliphatic rings. The maximum atomic E-state index is 12.9. The molecule has 2 aromatic carbocycles. The maximum absolute atomic E-state index is 12.9. The quantitative estimate of drug-likeness (QED) is 0.347. The molecule has 0 bridgehead atoms. The van der Waals surface area contributed by atoms with Crippen LogP contribution in [-0.2, 0) is 25.6 Å². The Balaban J connectivity index is 1.22. The van der Waals surface area contributed by atoms with E-state index < -0.39 is 0 Å². The number of hydrogen-bond donors (Lipinski definition) is 2. The van der Waals surface area contributed by atoms with E-state index in [1.54, 1.807) is 44.9 Å². The van der Waals surface area contributed by atoms with Crippen LogP contribution in [-0.4, -0.2) is 116 Å². The van der Waals surface area contributed by atoms with Crippen molar-refractivity contribution < 1.29 is 23.9 Å². The van der Waals surface area contributed by atoms with Gasteiger partial charge in [-0.1, -0.05) is 35.9 Å². The first-order valence-corrected chi connectivity index (χ1v) is 16.3. The smallest absolute Gasteiger partial charge is 0.246 e. The van der Waals surface area contributed by atoms with Crippen LogP contribution in [0.1, 0.15) is 16.7 Å². The molecule has 0 aliphatic carbocycles. The summed E-state index contributed by atoms with van der Waals surface area (Å²) in [7, 11) is 1.57. The van der Waals surface area contributed by atoms with E-state index >= 15 is 0 Å². The number of benzene rings is 2. The highest BCUT2D eigenvalue weighted by Gasteiger charge is 2.24. The van der Waals surface area contributed by atoms with Gasteiger partial charge in [-0.2, -0.15) is 0 Å². The Kier molecular flexibility index (Phi) is 12.6. The third-order valence-electron chi connectivity index (χ3n) is 8.45. The van der Waals surface area contributed by atoms with E-state index in [9.17, 15) is 19.2 Å². The van der Waals surface area contributed by atoms with Crippen molar-refractivity contribution in [2.75, 3.05) is 83.2 Å². The van der Waals surface area contributed by atoms with Crippen LogP contribution in [0.2, 0.25) is 10.0 Å². The van der Waals surface area contributed by atoms with E-state index in [4.69, 9.17) is 27.9 Å². The number of hydrogen-bond acceptors (Lipinski definition) is 7. The molecule has 0 atom stereocenters. The highest BCUT2D eigenvalue weighted by Crippen LogP contribution is 2.30. The first-order chi connectivity index (χ1) is 22.5. The molecule has 2 aromatic rings. The summed E-state index contributed by atoms with van der Waals surface area (Å²) in [5, 5.41) is 7.21. The summed E-state index contributed by atoms with van der Waals surface area (Å²) in [4.78, 5) is 57.2. The highest BCUT2D eigenvalue weighted by molar-refractivity contribution is 6.42. The predicted molar refractivity (Wildman–Crippen MR) is 185 cm³/mol. The lowest BCUT2D eigenvalue weighted by molar-refractivity contribution is -0.136. The number of ether oxygens (including phenoxy) is 1. The molecule has 2 fully saturated rings. The standard InChI is InChI=1S/C34H42Cl2N6O5/c1-5-31(43)39-9-13-41(14-10-39)34(46)22-38-29-18-23(2)25(19-30(29)47-4)7-6-8-32(44)40-11-15-42(16-12-40)33(45)21-37-28-20-27(36)26(35)17-24(28)3/h5-6,8,17-20,37-38H,1,7,9-16,21-22H2,2-4H3/b8-6+. The van der Waals surface area contributed by atoms with Crippen LogP contribution in [0.5, 0.6) is 5.75 Å². The van der Waals surface area contributed by atoms with Gasteiger partial charge in [-0.05, 0) is 73.4 Å². The fraction of sp³-hybridized carbons (Fsp3) is 0.412. The van der Waals surface area contributed by atoms with Gasteiger partial charge in [0.25, 0.3) is 0 Å². The molecule has 13 heteroatoms. The second kappa shape index (κ2) is 16.6. The van der Waals surface area contributed by atoms with Crippen molar-refractivity contribution in [2.45, 2.75) is 20.3 Å². The fourth-order valence-electron chi connectivity index (χ4n) is 5.53. The molecule has 0 unspecified atom stereocenters. The van der Waals surface area contributed by atoms with E-state index in [-0.39, 0.29) is 36.7 Å². The van der Waals surface area contributed by atoms with Gasteiger partial charge in [-0.15, -0.1) is 0 Å². The summed E-state index contributed by atoms with van der Waals surface area (Å²) in [6, 6.07) is 7.31. The van der Waals surface area contributed by atoms with E-state index in [0.717, 1.165) is 22.4 Å². The summed E-state index contributed by atoms with van der Waals surface area (Å²) < 4.78 is 5.59. The Labute approximate surface area is 286 Å². The number of carbonyl (C=O) groups excluding carboxylic acids is 4. The second-order valence-electron chi connectivity index (χ2n) is 11.5. The lowest BCUT2D eigenvalue weighted by atomic mass is 10.0. The Hall–Kier alpha value is -4.22. The third kappa shape index (κ3) is 9.42. The van der Waals surface area contributed by atoms with Gasteiger partial charge in [0.2, 0.25) is 23.6 Å². The molecule has 0 spiro atoms. The molecule has 0 aromatic heterocycles. The van der Waals surface area contributed by atoms with Gasteiger partial charge in [-0.25, -0.2) is 0 Å². The molecule has 252 valence electrons. The first kappa shape index (κ1) is 35.6. The molecule has 0 radical (unpaired) electrons. The average molecular weight is 686 g/mol. The second-order valence-corrected chi connectivity index (χ2v) is 12.3. The normalized spacial score (nSPS) is 15.1. The van der Waals surface area contributed by atoms with Crippen molar-refractivity contribution in [1.82, 2.24) is 19.6 Å². The molecule has 11 nitrogen and oxygen atoms in total. The highest BCUT2D eigenvalue weighted by atomic mass is 35.5. The van der Waals surface area contributed by atoms with Gasteiger partial charge >= 0.3 is 0 Å². The molecular formula is C34H42Cl2N6O5. The molecule has 2 saturated heterocycles. The van der Waals surface area contributed by atoms with Crippen LogP contribution in [0, 0.1) is 13.8 Å². The molecular weight excluding hydrogens is 643 g/mol. The number of rotatable bonds is 11. The first-order valence-electron chi connectivity index (χ1n) is 15.5. The monoisotopic (exact) mass is 684 g/mol. The number of carbonyl (C=O) groups is 4. The molecule has 4 amide bonds. The lowest BCUT2D eigenvalue weighted by Crippen LogP contribution is -2.51. The van der Waals surface area contributed by atoms with Crippen molar-refractivity contribution >= 4 is 58.2 Å². The number of halogens is 2. The Morgan fingerprint density at radius 3 is 1.81 bits per heavy atom. The van der Waals surface area contributed by atoms with Crippen molar-refractivity contribution in [3.05, 3.63) is 75.8 Å². The summed E-state index contributed by atoms with van der Waals surface area (Å²) >= 11 is 12.2. The zero-order valence-electron chi connectivity index (χ0n) is 27.1. The zero-order valence-corrected chi connectivity index (χ0v) is 28.6. The predicted octanol–water partition coefficient (Wildman–Crippen LogP) is 3.77. The van der Waals surface area contributed by atoms with E-state index in [1.807, 2.05) is 32.1 Å². The number of methoxy groups -OCH3 is 1. The van der Waals surface area contributed by atoms with E-state index in [0.29, 0.717) is 80.3 Å². The Bertz CT molecular complexity index is 1530. The van der Waals surface area contributed by atoms with Gasteiger partial charge < -0.3 is 35.0 Å². The zero-order chi connectivity index (χ0) is 34.1. The summed E-state index contributed by atoms with van der Waals surface area (Å²) in [6.07, 6.45) is 5.23. The van der Waals surface area contributed by atoms with Crippen LogP contribution < -0.4 is 15.4 Å². The van der Waals surface area contributed by atoms with Crippen LogP contribution in [0.25, 0.3) is 0 Å². The van der Waals surface area contributed by atoms with Crippen molar-refractivity contribution in [1.29, 1.82) is 0 Å². The number of anilines is 2. The topological polar surface area (TPSA) is 115 Å². The van der Waals surface area contributed by atoms with Gasteiger partial charge in [-0.3, -0.25) is 19.2 Å². The summed E-state index contributed by atoms with van der Waals surface area (Å²) in [5.74, 6) is 0.274. The maximum Gasteiger partial charge on any atom is 0.246 e. The average Bonchev–Trinajstić information content (AvgIpc) is 3.08. The number of allylic oxidation sites excluding steroid dienone is 1. The number of nitrogens with zero attached hydrogens (tertiary/aromatic N) is 4. The van der Waals surface area contributed by atoms with Crippen molar-refractivity contribution in [3.63, 3.8) is 0 Å². The Morgan fingerprint density at radius 2 is 1.26 bits per heavy atom. The van der Waals surface area contributed by atoms with E-state index in [1.165, 1.54) is 6.08 Å². The van der Waals surface area contributed by atoms with E-state index in [2.05, 4.69) is 17.2 Å². The Morgan fingerprint density at radius 1 is 0.745 bits per heavy atom. The van der Waals surface area contributed by atoms with Crippen LogP contribution in [0.4, 0.5) is 11.4 Å². The minimum Gasteiger partial charge on any atom is -0.495 e. The largest absolute Gasteiger partial charge is 0.495 e. The van der Waals surface area contributed by atoms with Gasteiger partial charge in [0.05, 0.1) is 35.9 Å². The molecule has 4 rings (SSSR count). The molecule has 2 heterocycles. The van der Waals surface area contributed by atoms with Crippen LogP contribution in [0.3, 0.4) is 0 Å². The van der Waals surface area contributed by atoms with Crippen molar-refractivity contribution in [2.24, 2.45) is 0 Å². The molecule has 47 heavy (non-hydrogen) atoms. The van der Waals surface area contributed by atoms with Gasteiger partial charge in [0.15, 0.2) is 0 Å². The SMILES string of the molecule is C=CC(=O)N1CCN(C(=O)CNc2cc(C)c(C/C=C/C(=O)N3CCN(C(=O)CNc4cc(Cl)c(Cl)cc4C)CC3)cc2OC)CC1. The number of nitrogens with one attached hydrogen (secondary N) is 2. The molecule has 2 aliphatic heterocycles. The third-order valence-corrected chi connectivity index (χ3v) is 9.17. The molecule has 0 saturated carbocycles. The van der Waals surface area contributed by atoms with Gasteiger partial charge in [0, 0.05) is 58.0 Å². The number of aryl methyl sites for hydroxylation is 2. The number of piperazine rings is 2. The van der Waals surface area contributed by atoms with Gasteiger partial charge in [0.1, 0.15) is 5.75 Å². The number of amides is 4. The van der Waals surface area contributed by atoms with Crippen LogP contribution in [0.15, 0.2) is 49.1 Å². The summed E-state index contributed by atoms with van der Waals surface area (Å²) in [5.41, 5.74) is 4.34.